The summed E-state index contributed by atoms with van der Waals surface area (Å²) in [5.41, 5.74) is 2.11. The SMILES string of the molecule is O=C1NC(=O)C(Cc2cccc(CBr)c2)O1. The first-order chi connectivity index (χ1) is 7.69. The van der Waals surface area contributed by atoms with E-state index in [0.29, 0.717) is 6.42 Å². The lowest BCUT2D eigenvalue weighted by Crippen LogP contribution is -2.25. The molecule has 0 aromatic heterocycles. The third-order valence-electron chi connectivity index (χ3n) is 2.33. The minimum Gasteiger partial charge on any atom is -0.435 e. The van der Waals surface area contributed by atoms with E-state index in [1.165, 1.54) is 0 Å². The highest BCUT2D eigenvalue weighted by molar-refractivity contribution is 9.08. The van der Waals surface area contributed by atoms with Crippen LogP contribution in [0.1, 0.15) is 11.1 Å². The molecule has 5 heteroatoms. The molecule has 4 nitrogen and oxygen atoms in total. The number of rotatable bonds is 3. The van der Waals surface area contributed by atoms with E-state index in [0.717, 1.165) is 16.5 Å². The molecule has 0 bridgehead atoms. The van der Waals surface area contributed by atoms with Crippen LogP contribution in [0.15, 0.2) is 24.3 Å². The van der Waals surface area contributed by atoms with Gasteiger partial charge in [0, 0.05) is 11.8 Å². The van der Waals surface area contributed by atoms with Gasteiger partial charge in [-0.25, -0.2) is 4.79 Å². The Hall–Kier alpha value is -1.36. The van der Waals surface area contributed by atoms with E-state index in [2.05, 4.69) is 21.2 Å². The van der Waals surface area contributed by atoms with Gasteiger partial charge in [0.2, 0.25) is 0 Å². The zero-order valence-electron chi connectivity index (χ0n) is 8.40. The number of carbonyl (C=O) groups is 2. The molecule has 1 aromatic carbocycles. The van der Waals surface area contributed by atoms with Crippen LogP contribution in [0.4, 0.5) is 4.79 Å². The Balaban J connectivity index is 2.09. The second-order valence-corrected chi connectivity index (χ2v) is 4.10. The van der Waals surface area contributed by atoms with Crippen LogP contribution in [-0.2, 0) is 21.3 Å². The lowest BCUT2D eigenvalue weighted by atomic mass is 10.1. The minimum atomic E-state index is -0.696. The van der Waals surface area contributed by atoms with E-state index in [1.54, 1.807) is 0 Å². The second kappa shape index (κ2) is 4.65. The van der Waals surface area contributed by atoms with Crippen LogP contribution in [-0.4, -0.2) is 18.1 Å². The first kappa shape index (κ1) is 11.1. The number of amides is 2. The lowest BCUT2D eigenvalue weighted by Gasteiger charge is -2.07. The van der Waals surface area contributed by atoms with Gasteiger partial charge in [-0.05, 0) is 11.1 Å². The number of carbonyl (C=O) groups excluding carboxylic acids is 2. The summed E-state index contributed by atoms with van der Waals surface area (Å²) in [5, 5.41) is 2.87. The van der Waals surface area contributed by atoms with Crippen LogP contribution >= 0.6 is 15.9 Å². The zero-order valence-corrected chi connectivity index (χ0v) is 9.99. The van der Waals surface area contributed by atoms with Crippen LogP contribution in [0.3, 0.4) is 0 Å². The number of imide groups is 1. The number of benzene rings is 1. The average Bonchev–Trinajstić information content (AvgIpc) is 2.58. The number of cyclic esters (lactones) is 1. The van der Waals surface area contributed by atoms with Crippen molar-refractivity contribution in [3.05, 3.63) is 35.4 Å². The smallest absolute Gasteiger partial charge is 0.414 e. The third kappa shape index (κ3) is 2.41. The third-order valence-corrected chi connectivity index (χ3v) is 2.98. The van der Waals surface area contributed by atoms with Crippen LogP contribution in [0.5, 0.6) is 0 Å². The van der Waals surface area contributed by atoms with Gasteiger partial charge in [-0.15, -0.1) is 0 Å². The van der Waals surface area contributed by atoms with Crippen molar-refractivity contribution >= 4 is 27.9 Å². The molecule has 84 valence electrons. The summed E-state index contributed by atoms with van der Waals surface area (Å²) >= 11 is 3.36. The van der Waals surface area contributed by atoms with E-state index in [4.69, 9.17) is 4.74 Å². The van der Waals surface area contributed by atoms with Gasteiger partial charge in [0.05, 0.1) is 0 Å². The molecular formula is C11H10BrNO3. The van der Waals surface area contributed by atoms with E-state index in [1.807, 2.05) is 24.3 Å². The molecule has 0 saturated carbocycles. The van der Waals surface area contributed by atoms with Crippen molar-refractivity contribution in [2.75, 3.05) is 0 Å². The van der Waals surface area contributed by atoms with Gasteiger partial charge in [-0.1, -0.05) is 40.2 Å². The fourth-order valence-corrected chi connectivity index (χ4v) is 1.93. The van der Waals surface area contributed by atoms with Crippen LogP contribution in [0.25, 0.3) is 0 Å². The predicted octanol–water partition coefficient (Wildman–Crippen LogP) is 1.76. The Bertz CT molecular complexity index is 433. The summed E-state index contributed by atoms with van der Waals surface area (Å²) in [6, 6.07) is 7.79. The molecule has 2 rings (SSSR count). The van der Waals surface area contributed by atoms with Gasteiger partial charge in [-0.3, -0.25) is 10.1 Å². The maximum Gasteiger partial charge on any atom is 0.414 e. The van der Waals surface area contributed by atoms with Gasteiger partial charge >= 0.3 is 6.09 Å². The Labute approximate surface area is 101 Å². The Morgan fingerprint density at radius 3 is 2.69 bits per heavy atom. The molecule has 1 heterocycles. The summed E-state index contributed by atoms with van der Waals surface area (Å²) in [6.07, 6.45) is -0.942. The number of ether oxygens (including phenoxy) is 1. The van der Waals surface area contributed by atoms with Crippen molar-refractivity contribution in [2.24, 2.45) is 0 Å². The van der Waals surface area contributed by atoms with Crippen molar-refractivity contribution in [1.82, 2.24) is 5.32 Å². The molecule has 1 aromatic rings. The monoisotopic (exact) mass is 283 g/mol. The summed E-state index contributed by atoms with van der Waals surface area (Å²) in [4.78, 5) is 22.1. The van der Waals surface area contributed by atoms with Crippen LogP contribution < -0.4 is 5.32 Å². The molecule has 1 aliphatic heterocycles. The van der Waals surface area contributed by atoms with Crippen molar-refractivity contribution in [3.8, 4) is 0 Å². The van der Waals surface area contributed by atoms with Crippen molar-refractivity contribution in [1.29, 1.82) is 0 Å². The fraction of sp³-hybridized carbons (Fsp3) is 0.273. The van der Waals surface area contributed by atoms with Crippen molar-refractivity contribution < 1.29 is 14.3 Å². The zero-order chi connectivity index (χ0) is 11.5. The summed E-state index contributed by atoms with van der Waals surface area (Å²) in [5.74, 6) is -0.366. The quantitative estimate of drug-likeness (QED) is 0.860. The van der Waals surface area contributed by atoms with Gasteiger partial charge < -0.3 is 4.74 Å². The molecule has 1 fully saturated rings. The number of nitrogens with one attached hydrogen (secondary N) is 1. The molecule has 1 unspecified atom stereocenters. The summed E-state index contributed by atoms with van der Waals surface area (Å²) < 4.78 is 4.84. The first-order valence-corrected chi connectivity index (χ1v) is 5.96. The van der Waals surface area contributed by atoms with E-state index < -0.39 is 12.2 Å². The standard InChI is InChI=1S/C11H10BrNO3/c12-6-8-3-1-2-7(4-8)5-9-10(14)13-11(15)16-9/h1-4,9H,5-6H2,(H,13,14,15). The number of alkyl halides is 1. The molecule has 0 radical (unpaired) electrons. The predicted molar refractivity (Wildman–Crippen MR) is 61.2 cm³/mol. The molecule has 1 aliphatic rings. The maximum atomic E-state index is 11.3. The Morgan fingerprint density at radius 1 is 1.31 bits per heavy atom. The fourth-order valence-electron chi connectivity index (χ4n) is 1.58. The molecule has 2 amide bonds. The first-order valence-electron chi connectivity index (χ1n) is 4.84. The van der Waals surface area contributed by atoms with Gasteiger partial charge in [0.15, 0.2) is 6.10 Å². The molecule has 1 saturated heterocycles. The van der Waals surface area contributed by atoms with Crippen LogP contribution in [0, 0.1) is 0 Å². The Kier molecular flexibility index (Phi) is 3.24. The van der Waals surface area contributed by atoms with Gasteiger partial charge in [-0.2, -0.15) is 0 Å². The summed E-state index contributed by atoms with van der Waals surface area (Å²) in [7, 11) is 0. The average molecular weight is 284 g/mol. The molecule has 1 N–H and O–H groups in total. The number of hydrogen-bond donors (Lipinski definition) is 1. The van der Waals surface area contributed by atoms with E-state index >= 15 is 0 Å². The number of halogens is 1. The summed E-state index contributed by atoms with van der Waals surface area (Å²) in [6.45, 7) is 0. The highest BCUT2D eigenvalue weighted by Crippen LogP contribution is 2.14. The molecule has 1 atom stereocenters. The minimum absolute atomic E-state index is 0.366. The normalized spacial score (nSPS) is 19.4. The van der Waals surface area contributed by atoms with Crippen molar-refractivity contribution in [3.63, 3.8) is 0 Å². The number of alkyl carbamates (subject to hydrolysis) is 1. The van der Waals surface area contributed by atoms with Gasteiger partial charge in [0.25, 0.3) is 5.91 Å². The topological polar surface area (TPSA) is 55.4 Å². The van der Waals surface area contributed by atoms with E-state index in [-0.39, 0.29) is 5.91 Å². The molecule has 0 spiro atoms. The number of hydrogen-bond acceptors (Lipinski definition) is 3. The van der Waals surface area contributed by atoms with Crippen LogP contribution in [0.2, 0.25) is 0 Å². The maximum absolute atomic E-state index is 11.3. The largest absolute Gasteiger partial charge is 0.435 e. The lowest BCUT2D eigenvalue weighted by molar-refractivity contribution is -0.123. The van der Waals surface area contributed by atoms with Crippen molar-refractivity contribution in [2.45, 2.75) is 17.9 Å². The van der Waals surface area contributed by atoms with Gasteiger partial charge in [0.1, 0.15) is 0 Å². The van der Waals surface area contributed by atoms with E-state index in [9.17, 15) is 9.59 Å². The molecule has 0 aliphatic carbocycles. The molecular weight excluding hydrogens is 274 g/mol. The Morgan fingerprint density at radius 2 is 2.06 bits per heavy atom. The molecule has 16 heavy (non-hydrogen) atoms. The highest BCUT2D eigenvalue weighted by Gasteiger charge is 2.31. The second-order valence-electron chi connectivity index (χ2n) is 3.54. The highest BCUT2D eigenvalue weighted by atomic mass is 79.9.